The van der Waals surface area contributed by atoms with E-state index in [2.05, 4.69) is 89.9 Å². The van der Waals surface area contributed by atoms with Gasteiger partial charge in [0.05, 0.1) is 5.41 Å². The molecule has 2 nitrogen and oxygen atoms in total. The summed E-state index contributed by atoms with van der Waals surface area (Å²) in [6.45, 7) is 0. The van der Waals surface area contributed by atoms with Crippen LogP contribution in [-0.2, 0) is 16.2 Å². The van der Waals surface area contributed by atoms with Crippen molar-refractivity contribution in [3.05, 3.63) is 138 Å². The van der Waals surface area contributed by atoms with Crippen LogP contribution in [0.3, 0.4) is 0 Å². The molecule has 0 saturated heterocycles. The fraction of sp³-hybridized carbons (Fsp3) is 0.0333. The molecule has 2 aliphatic carbocycles. The van der Waals surface area contributed by atoms with Gasteiger partial charge in [-0.15, -0.1) is 0 Å². The fourth-order valence-electron chi connectivity index (χ4n) is 5.77. The standard InChI is InChI=1S/C30H19NOS/c32-33(29-15-7-8-18-31-29)20-16-17-24-23-11-3-6-14-27(23)30(28(24)19-20)25-12-4-1-9-21(25)22-10-2-5-13-26(22)30/h1-19H. The summed E-state index contributed by atoms with van der Waals surface area (Å²) in [7, 11) is -1.35. The molecule has 0 saturated carbocycles. The monoisotopic (exact) mass is 441 g/mol. The van der Waals surface area contributed by atoms with Gasteiger partial charge >= 0.3 is 0 Å². The van der Waals surface area contributed by atoms with Crippen molar-refractivity contribution in [1.82, 2.24) is 4.98 Å². The molecule has 1 heterocycles. The van der Waals surface area contributed by atoms with Crippen molar-refractivity contribution in [2.75, 3.05) is 0 Å². The van der Waals surface area contributed by atoms with Gasteiger partial charge in [-0.25, -0.2) is 9.19 Å². The van der Waals surface area contributed by atoms with Crippen LogP contribution in [0, 0.1) is 0 Å². The van der Waals surface area contributed by atoms with Crippen LogP contribution in [-0.4, -0.2) is 9.19 Å². The highest BCUT2D eigenvalue weighted by Gasteiger charge is 2.51. The van der Waals surface area contributed by atoms with Crippen LogP contribution in [0.1, 0.15) is 22.3 Å². The van der Waals surface area contributed by atoms with Crippen LogP contribution < -0.4 is 0 Å². The number of benzene rings is 4. The second-order valence-electron chi connectivity index (χ2n) is 8.53. The number of hydrogen-bond acceptors (Lipinski definition) is 2. The summed E-state index contributed by atoms with van der Waals surface area (Å²) in [5.74, 6) is 0. The highest BCUT2D eigenvalue weighted by molar-refractivity contribution is 7.85. The molecule has 0 fully saturated rings. The lowest BCUT2D eigenvalue weighted by Crippen LogP contribution is -2.26. The smallest absolute Gasteiger partial charge is 0.132 e. The molecule has 7 rings (SSSR count). The van der Waals surface area contributed by atoms with E-state index < -0.39 is 16.2 Å². The average molecular weight is 442 g/mol. The zero-order valence-electron chi connectivity index (χ0n) is 17.7. The maximum absolute atomic E-state index is 13.5. The first-order valence-corrected chi connectivity index (χ1v) is 12.2. The van der Waals surface area contributed by atoms with Crippen LogP contribution in [0.4, 0.5) is 0 Å². The Morgan fingerprint density at radius 3 is 1.61 bits per heavy atom. The summed E-state index contributed by atoms with van der Waals surface area (Å²) in [5, 5.41) is 0.578. The summed E-state index contributed by atoms with van der Waals surface area (Å²) in [6.07, 6.45) is 1.70. The quantitative estimate of drug-likeness (QED) is 0.303. The Morgan fingerprint density at radius 2 is 1.06 bits per heavy atom. The highest BCUT2D eigenvalue weighted by atomic mass is 32.2. The molecule has 1 spiro atoms. The highest BCUT2D eigenvalue weighted by Crippen LogP contribution is 2.62. The van der Waals surface area contributed by atoms with Gasteiger partial charge in [0.1, 0.15) is 15.8 Å². The molecule has 0 amide bonds. The van der Waals surface area contributed by atoms with Gasteiger partial charge < -0.3 is 0 Å². The van der Waals surface area contributed by atoms with Gasteiger partial charge in [-0.2, -0.15) is 0 Å². The van der Waals surface area contributed by atoms with Gasteiger partial charge in [0.2, 0.25) is 0 Å². The number of rotatable bonds is 2. The SMILES string of the molecule is O=S(c1ccc2c(c1)C1(c3ccccc3-c3ccccc31)c1ccccc1-2)c1ccccn1. The summed E-state index contributed by atoms with van der Waals surface area (Å²) in [4.78, 5) is 5.13. The Kier molecular flexibility index (Phi) is 3.88. The molecule has 0 bridgehead atoms. The van der Waals surface area contributed by atoms with E-state index in [-0.39, 0.29) is 0 Å². The number of aromatic nitrogens is 1. The maximum atomic E-state index is 13.5. The Labute approximate surface area is 195 Å². The van der Waals surface area contributed by atoms with Gasteiger partial charge in [-0.05, 0) is 68.8 Å². The minimum Gasteiger partial charge on any atom is -0.247 e. The van der Waals surface area contributed by atoms with Gasteiger partial charge in [0.25, 0.3) is 0 Å². The topological polar surface area (TPSA) is 30.0 Å². The predicted octanol–water partition coefficient (Wildman–Crippen LogP) is 6.59. The number of fused-ring (bicyclic) bond motifs is 10. The maximum Gasteiger partial charge on any atom is 0.132 e. The van der Waals surface area contributed by atoms with Crippen molar-refractivity contribution in [3.8, 4) is 22.3 Å². The van der Waals surface area contributed by atoms with Crippen molar-refractivity contribution >= 4 is 10.8 Å². The first-order valence-electron chi connectivity index (χ1n) is 11.1. The molecule has 4 aromatic carbocycles. The Hall–Kier alpha value is -3.82. The lowest BCUT2D eigenvalue weighted by molar-refractivity contribution is 0.680. The second kappa shape index (κ2) is 6.84. The first-order chi connectivity index (χ1) is 16.3. The number of pyridine rings is 1. The zero-order valence-corrected chi connectivity index (χ0v) is 18.5. The summed E-state index contributed by atoms with van der Waals surface area (Å²) >= 11 is 0. The van der Waals surface area contributed by atoms with Crippen molar-refractivity contribution in [2.24, 2.45) is 0 Å². The molecule has 1 unspecified atom stereocenters. The van der Waals surface area contributed by atoms with Crippen LogP contribution >= 0.6 is 0 Å². The minimum absolute atomic E-state index is 0.413. The molecule has 3 heteroatoms. The zero-order chi connectivity index (χ0) is 22.0. The summed E-state index contributed by atoms with van der Waals surface area (Å²) in [5.41, 5.74) is 9.65. The normalized spacial score (nSPS) is 14.9. The molecule has 1 atom stereocenters. The van der Waals surface area contributed by atoms with E-state index in [0.29, 0.717) is 5.03 Å². The van der Waals surface area contributed by atoms with Gasteiger partial charge in [0.15, 0.2) is 0 Å². The van der Waals surface area contributed by atoms with Crippen molar-refractivity contribution in [2.45, 2.75) is 15.3 Å². The van der Waals surface area contributed by atoms with Crippen LogP contribution in [0.25, 0.3) is 22.3 Å². The summed E-state index contributed by atoms with van der Waals surface area (Å²) in [6, 6.07) is 38.0. The minimum atomic E-state index is -1.35. The number of hydrogen-bond donors (Lipinski definition) is 0. The van der Waals surface area contributed by atoms with Gasteiger partial charge in [0, 0.05) is 11.1 Å². The first kappa shape index (κ1) is 18.7. The van der Waals surface area contributed by atoms with Crippen molar-refractivity contribution in [3.63, 3.8) is 0 Å². The molecule has 0 N–H and O–H groups in total. The second-order valence-corrected chi connectivity index (χ2v) is 9.96. The van der Waals surface area contributed by atoms with Crippen molar-refractivity contribution in [1.29, 1.82) is 0 Å². The molecule has 1 aromatic heterocycles. The lowest BCUT2D eigenvalue weighted by Gasteiger charge is -2.30. The summed E-state index contributed by atoms with van der Waals surface area (Å²) < 4.78 is 13.5. The molecule has 156 valence electrons. The largest absolute Gasteiger partial charge is 0.247 e. The van der Waals surface area contributed by atoms with Crippen LogP contribution in [0.2, 0.25) is 0 Å². The molecule has 5 aromatic rings. The van der Waals surface area contributed by atoms with E-state index in [1.807, 2.05) is 24.3 Å². The van der Waals surface area contributed by atoms with E-state index in [0.717, 1.165) is 4.90 Å². The molecule has 2 aliphatic rings. The van der Waals surface area contributed by atoms with Gasteiger partial charge in [-0.3, -0.25) is 0 Å². The fourth-order valence-corrected chi connectivity index (χ4v) is 6.78. The Balaban J connectivity index is 1.58. The number of nitrogens with zero attached hydrogens (tertiary/aromatic N) is 1. The molecular formula is C30H19NOS. The Morgan fingerprint density at radius 1 is 0.545 bits per heavy atom. The molecule has 33 heavy (non-hydrogen) atoms. The van der Waals surface area contributed by atoms with Crippen LogP contribution in [0.15, 0.2) is 125 Å². The molecular weight excluding hydrogens is 422 g/mol. The third kappa shape index (κ3) is 2.37. The Bertz CT molecular complexity index is 1530. The molecule has 0 radical (unpaired) electrons. The van der Waals surface area contributed by atoms with E-state index in [1.54, 1.807) is 6.20 Å². The van der Waals surface area contributed by atoms with E-state index in [9.17, 15) is 4.21 Å². The van der Waals surface area contributed by atoms with Crippen molar-refractivity contribution < 1.29 is 4.21 Å². The van der Waals surface area contributed by atoms with E-state index in [4.69, 9.17) is 0 Å². The third-order valence-electron chi connectivity index (χ3n) is 7.01. The van der Waals surface area contributed by atoms with Gasteiger partial charge in [-0.1, -0.05) is 84.9 Å². The van der Waals surface area contributed by atoms with E-state index in [1.165, 1.54) is 44.5 Å². The predicted molar refractivity (Wildman–Crippen MR) is 132 cm³/mol. The van der Waals surface area contributed by atoms with Crippen LogP contribution in [0.5, 0.6) is 0 Å². The van der Waals surface area contributed by atoms with E-state index >= 15 is 0 Å². The third-order valence-corrected chi connectivity index (χ3v) is 8.31. The lowest BCUT2D eigenvalue weighted by atomic mass is 9.70. The molecule has 0 aliphatic heterocycles. The average Bonchev–Trinajstić information content (AvgIpc) is 3.36.